The number of hydrogen-bond acceptors (Lipinski definition) is 6. The molecule has 6 nitrogen and oxygen atoms in total. The molecule has 2 N–H and O–H groups in total. The minimum Gasteiger partial charge on any atom is -0.465 e. The van der Waals surface area contributed by atoms with E-state index in [-0.39, 0.29) is 5.97 Å². The predicted molar refractivity (Wildman–Crippen MR) is 97.6 cm³/mol. The Morgan fingerprint density at radius 3 is 2.52 bits per heavy atom. The molecule has 25 heavy (non-hydrogen) atoms. The third kappa shape index (κ3) is 4.11. The Hall–Kier alpha value is -3.41. The molecule has 3 rings (SSSR count). The third-order valence-corrected chi connectivity index (χ3v) is 3.55. The average molecular weight is 334 g/mol. The molecule has 0 aliphatic rings. The Bertz CT molecular complexity index is 882. The number of rotatable bonds is 5. The number of hydrogen-bond donors (Lipinski definition) is 2. The van der Waals surface area contributed by atoms with E-state index in [1.54, 1.807) is 24.4 Å². The Labute approximate surface area is 145 Å². The zero-order valence-corrected chi connectivity index (χ0v) is 14.0. The highest BCUT2D eigenvalue weighted by Gasteiger charge is 2.08. The normalized spacial score (nSPS) is 10.2. The van der Waals surface area contributed by atoms with Gasteiger partial charge in [-0.3, -0.25) is 0 Å². The van der Waals surface area contributed by atoms with E-state index >= 15 is 0 Å². The van der Waals surface area contributed by atoms with E-state index < -0.39 is 0 Å². The molecule has 2 aromatic carbocycles. The summed E-state index contributed by atoms with van der Waals surface area (Å²) in [5, 5.41) is 6.38. The van der Waals surface area contributed by atoms with Crippen molar-refractivity contribution in [2.45, 2.75) is 6.92 Å². The highest BCUT2D eigenvalue weighted by Crippen LogP contribution is 2.21. The first kappa shape index (κ1) is 16.4. The first-order valence-corrected chi connectivity index (χ1v) is 7.77. The first-order valence-electron chi connectivity index (χ1n) is 7.77. The maximum atomic E-state index is 11.7. The van der Waals surface area contributed by atoms with Gasteiger partial charge in [0, 0.05) is 23.1 Å². The summed E-state index contributed by atoms with van der Waals surface area (Å²) >= 11 is 0. The van der Waals surface area contributed by atoms with Crippen LogP contribution in [-0.4, -0.2) is 23.0 Å². The van der Waals surface area contributed by atoms with Gasteiger partial charge < -0.3 is 15.4 Å². The van der Waals surface area contributed by atoms with Crippen LogP contribution in [0.2, 0.25) is 0 Å². The summed E-state index contributed by atoms with van der Waals surface area (Å²) in [6.45, 7) is 1.92. The van der Waals surface area contributed by atoms with Crippen molar-refractivity contribution in [3.05, 3.63) is 71.9 Å². The molecule has 0 spiro atoms. The number of aryl methyl sites for hydroxylation is 1. The molecule has 1 aromatic heterocycles. The molecule has 0 aliphatic carbocycles. The molecule has 0 bridgehead atoms. The van der Waals surface area contributed by atoms with Gasteiger partial charge in [0.15, 0.2) is 0 Å². The molecule has 0 aliphatic heterocycles. The molecule has 0 fully saturated rings. The fourth-order valence-corrected chi connectivity index (χ4v) is 2.26. The Morgan fingerprint density at radius 2 is 1.76 bits per heavy atom. The number of carbonyl (C=O) groups excluding carboxylic acids is 1. The van der Waals surface area contributed by atoms with Crippen LogP contribution in [0.1, 0.15) is 15.9 Å². The number of para-hydroxylation sites is 1. The van der Waals surface area contributed by atoms with Crippen molar-refractivity contribution in [1.82, 2.24) is 9.97 Å². The van der Waals surface area contributed by atoms with Crippen LogP contribution < -0.4 is 10.6 Å². The largest absolute Gasteiger partial charge is 0.465 e. The van der Waals surface area contributed by atoms with Crippen LogP contribution in [0.15, 0.2) is 60.8 Å². The number of esters is 1. The average Bonchev–Trinajstić information content (AvgIpc) is 2.65. The van der Waals surface area contributed by atoms with E-state index in [1.807, 2.05) is 43.3 Å². The van der Waals surface area contributed by atoms with Gasteiger partial charge in [0.1, 0.15) is 5.82 Å². The maximum Gasteiger partial charge on any atom is 0.337 e. The van der Waals surface area contributed by atoms with Gasteiger partial charge in [-0.1, -0.05) is 24.3 Å². The Balaban J connectivity index is 1.83. The fourth-order valence-electron chi connectivity index (χ4n) is 2.26. The van der Waals surface area contributed by atoms with Crippen molar-refractivity contribution in [3.8, 4) is 0 Å². The molecule has 0 amide bonds. The molecule has 0 saturated carbocycles. The quantitative estimate of drug-likeness (QED) is 0.685. The third-order valence-electron chi connectivity index (χ3n) is 3.55. The van der Waals surface area contributed by atoms with Gasteiger partial charge in [-0.05, 0) is 37.3 Å². The van der Waals surface area contributed by atoms with Gasteiger partial charge in [-0.15, -0.1) is 0 Å². The standard InChI is InChI=1S/C19H18N4O2/c1-13-12-20-19(22-15-8-4-3-5-9-15)23-17(13)21-16-10-6-7-14(11-16)18(24)25-2/h3-12H,1-2H3,(H2,20,21,22,23). The predicted octanol–water partition coefficient (Wildman–Crippen LogP) is 4.06. The van der Waals surface area contributed by atoms with Crippen LogP contribution >= 0.6 is 0 Å². The molecular weight excluding hydrogens is 316 g/mol. The first-order chi connectivity index (χ1) is 12.2. The lowest BCUT2D eigenvalue weighted by Gasteiger charge is -2.11. The number of ether oxygens (including phenoxy) is 1. The number of nitrogens with one attached hydrogen (secondary N) is 2. The summed E-state index contributed by atoms with van der Waals surface area (Å²) in [4.78, 5) is 20.5. The zero-order chi connectivity index (χ0) is 17.6. The summed E-state index contributed by atoms with van der Waals surface area (Å²) in [5.41, 5.74) is 3.02. The smallest absolute Gasteiger partial charge is 0.337 e. The van der Waals surface area contributed by atoms with Gasteiger partial charge in [-0.25, -0.2) is 9.78 Å². The second-order valence-electron chi connectivity index (χ2n) is 5.41. The van der Waals surface area contributed by atoms with E-state index in [0.717, 1.165) is 16.9 Å². The molecule has 0 unspecified atom stereocenters. The zero-order valence-electron chi connectivity index (χ0n) is 14.0. The Kier molecular flexibility index (Phi) is 4.89. The van der Waals surface area contributed by atoms with Crippen molar-refractivity contribution < 1.29 is 9.53 Å². The van der Waals surface area contributed by atoms with Crippen molar-refractivity contribution in [2.24, 2.45) is 0 Å². The number of methoxy groups -OCH3 is 1. The van der Waals surface area contributed by atoms with E-state index in [4.69, 9.17) is 4.74 Å². The second-order valence-corrected chi connectivity index (χ2v) is 5.41. The fraction of sp³-hybridized carbons (Fsp3) is 0.105. The second kappa shape index (κ2) is 7.44. The van der Waals surface area contributed by atoms with Crippen molar-refractivity contribution in [2.75, 3.05) is 17.7 Å². The number of carbonyl (C=O) groups is 1. The molecule has 1 heterocycles. The number of anilines is 4. The lowest BCUT2D eigenvalue weighted by Crippen LogP contribution is -2.04. The molecule has 6 heteroatoms. The van der Waals surface area contributed by atoms with Crippen LogP contribution in [0, 0.1) is 6.92 Å². The van der Waals surface area contributed by atoms with E-state index in [2.05, 4.69) is 20.6 Å². The van der Waals surface area contributed by atoms with Gasteiger partial charge >= 0.3 is 5.97 Å². The van der Waals surface area contributed by atoms with E-state index in [9.17, 15) is 4.79 Å². The summed E-state index contributed by atoms with van der Waals surface area (Å²) in [7, 11) is 1.36. The SMILES string of the molecule is COC(=O)c1cccc(Nc2nc(Nc3ccccc3)ncc2C)c1. The van der Waals surface area contributed by atoms with Crippen LogP contribution in [0.4, 0.5) is 23.1 Å². The molecule has 3 aromatic rings. The van der Waals surface area contributed by atoms with Crippen molar-refractivity contribution >= 4 is 29.1 Å². The minimum absolute atomic E-state index is 0.380. The summed E-state index contributed by atoms with van der Waals surface area (Å²) in [6.07, 6.45) is 1.74. The number of aromatic nitrogens is 2. The van der Waals surface area contributed by atoms with Crippen LogP contribution in [0.5, 0.6) is 0 Å². The number of benzene rings is 2. The Morgan fingerprint density at radius 1 is 1.00 bits per heavy atom. The highest BCUT2D eigenvalue weighted by atomic mass is 16.5. The molecular formula is C19H18N4O2. The summed E-state index contributed by atoms with van der Waals surface area (Å²) in [6, 6.07) is 16.8. The molecule has 0 radical (unpaired) electrons. The molecule has 0 atom stereocenters. The summed E-state index contributed by atoms with van der Waals surface area (Å²) in [5.74, 6) is 0.772. The van der Waals surface area contributed by atoms with Crippen molar-refractivity contribution in [1.29, 1.82) is 0 Å². The van der Waals surface area contributed by atoms with Crippen molar-refractivity contribution in [3.63, 3.8) is 0 Å². The van der Waals surface area contributed by atoms with Gasteiger partial charge in [0.05, 0.1) is 12.7 Å². The van der Waals surface area contributed by atoms with Gasteiger partial charge in [0.2, 0.25) is 5.95 Å². The molecule has 0 saturated heterocycles. The molecule has 126 valence electrons. The van der Waals surface area contributed by atoms with E-state index in [0.29, 0.717) is 17.3 Å². The maximum absolute atomic E-state index is 11.7. The number of nitrogens with zero attached hydrogens (tertiary/aromatic N) is 2. The minimum atomic E-state index is -0.380. The van der Waals surface area contributed by atoms with Crippen LogP contribution in [-0.2, 0) is 4.74 Å². The monoisotopic (exact) mass is 334 g/mol. The topological polar surface area (TPSA) is 76.1 Å². The lowest BCUT2D eigenvalue weighted by atomic mass is 10.2. The lowest BCUT2D eigenvalue weighted by molar-refractivity contribution is 0.0601. The van der Waals surface area contributed by atoms with Gasteiger partial charge in [-0.2, -0.15) is 4.98 Å². The van der Waals surface area contributed by atoms with Crippen LogP contribution in [0.3, 0.4) is 0 Å². The summed E-state index contributed by atoms with van der Waals surface area (Å²) < 4.78 is 4.75. The van der Waals surface area contributed by atoms with Crippen LogP contribution in [0.25, 0.3) is 0 Å². The highest BCUT2D eigenvalue weighted by molar-refractivity contribution is 5.90. The van der Waals surface area contributed by atoms with E-state index in [1.165, 1.54) is 7.11 Å². The van der Waals surface area contributed by atoms with Gasteiger partial charge in [0.25, 0.3) is 0 Å².